The Labute approximate surface area is 208 Å². The van der Waals surface area contributed by atoms with Crippen molar-refractivity contribution in [3.05, 3.63) is 84.4 Å². The Bertz CT molecular complexity index is 1390. The van der Waals surface area contributed by atoms with E-state index in [-0.39, 0.29) is 33.5 Å². The summed E-state index contributed by atoms with van der Waals surface area (Å²) >= 11 is 0. The maximum absolute atomic E-state index is 13.2. The van der Waals surface area contributed by atoms with Gasteiger partial charge in [-0.1, -0.05) is 43.3 Å². The minimum absolute atomic E-state index is 0.0497. The van der Waals surface area contributed by atoms with Gasteiger partial charge in [0.25, 0.3) is 5.91 Å². The fourth-order valence-corrected chi connectivity index (χ4v) is 4.30. The number of methoxy groups -OCH3 is 1. The summed E-state index contributed by atoms with van der Waals surface area (Å²) < 4.78 is 30.9. The Morgan fingerprint density at radius 3 is 2.08 bits per heavy atom. The van der Waals surface area contributed by atoms with E-state index in [9.17, 15) is 22.8 Å². The van der Waals surface area contributed by atoms with E-state index in [0.29, 0.717) is 5.56 Å². The average molecular weight is 509 g/mol. The first-order valence-corrected chi connectivity index (χ1v) is 12.3. The number of hydrogen-bond donors (Lipinski definition) is 3. The highest BCUT2D eigenvalue weighted by atomic mass is 32.2. The number of anilines is 2. The van der Waals surface area contributed by atoms with Gasteiger partial charge in [0.1, 0.15) is 0 Å². The first kappa shape index (κ1) is 26.1. The summed E-state index contributed by atoms with van der Waals surface area (Å²) in [6.45, 7) is 1.58. The third-order valence-corrected chi connectivity index (χ3v) is 6.60. The van der Waals surface area contributed by atoms with E-state index >= 15 is 0 Å². The van der Waals surface area contributed by atoms with Crippen molar-refractivity contribution in [1.82, 2.24) is 5.32 Å². The van der Waals surface area contributed by atoms with Gasteiger partial charge in [0.15, 0.2) is 0 Å². The maximum atomic E-state index is 13.2. The van der Waals surface area contributed by atoms with E-state index in [1.165, 1.54) is 30.3 Å². The monoisotopic (exact) mass is 508 g/mol. The summed E-state index contributed by atoms with van der Waals surface area (Å²) in [7, 11) is -2.79. The molecule has 10 nitrogen and oxygen atoms in total. The van der Waals surface area contributed by atoms with Gasteiger partial charge in [0, 0.05) is 12.0 Å². The highest BCUT2D eigenvalue weighted by Crippen LogP contribution is 2.29. The highest BCUT2D eigenvalue weighted by Gasteiger charge is 2.21. The number of ether oxygens (including phenoxy) is 1. The molecule has 3 N–H and O–H groups in total. The lowest BCUT2D eigenvalue weighted by Crippen LogP contribution is -2.36. The number of hydrogen-bond acceptors (Lipinski definition) is 6. The average Bonchev–Trinajstić information content (AvgIpc) is 2.90. The topological polar surface area (TPSA) is 143 Å². The van der Waals surface area contributed by atoms with Crippen molar-refractivity contribution in [3.8, 4) is 0 Å². The molecule has 0 aromatic heterocycles. The van der Waals surface area contributed by atoms with Crippen LogP contribution in [-0.4, -0.2) is 39.4 Å². The number of alkyl carbamates (subject to hydrolysis) is 1. The van der Waals surface area contributed by atoms with Crippen LogP contribution in [0.3, 0.4) is 0 Å². The van der Waals surface area contributed by atoms with E-state index < -0.39 is 27.7 Å². The highest BCUT2D eigenvalue weighted by molar-refractivity contribution is 7.91. The molecule has 0 aliphatic heterocycles. The van der Waals surface area contributed by atoms with Gasteiger partial charge in [0.05, 0.1) is 28.3 Å². The fourth-order valence-electron chi connectivity index (χ4n) is 2.99. The summed E-state index contributed by atoms with van der Waals surface area (Å²) in [6.07, 6.45) is -0.860. The SMILES string of the molecule is CCC(=O)/N=C(/NC(=O)OC)Nc1cc(S(=O)(=O)c2ccccc2)ccc1NC(=O)c1ccccc1. The predicted molar refractivity (Wildman–Crippen MR) is 135 cm³/mol. The van der Waals surface area contributed by atoms with Gasteiger partial charge in [-0.25, -0.2) is 13.2 Å². The van der Waals surface area contributed by atoms with Crippen molar-refractivity contribution in [2.24, 2.45) is 4.99 Å². The summed E-state index contributed by atoms with van der Waals surface area (Å²) in [5.74, 6) is -1.32. The predicted octanol–water partition coefficient (Wildman–Crippen LogP) is 3.83. The van der Waals surface area contributed by atoms with E-state index in [4.69, 9.17) is 0 Å². The number of carbonyl (C=O) groups excluding carboxylic acids is 3. The van der Waals surface area contributed by atoms with E-state index in [0.717, 1.165) is 7.11 Å². The molecule has 0 heterocycles. The molecule has 0 bridgehead atoms. The summed E-state index contributed by atoms with van der Waals surface area (Å²) in [6, 6.07) is 20.2. The Morgan fingerprint density at radius 2 is 1.47 bits per heavy atom. The molecule has 0 aliphatic carbocycles. The number of sulfone groups is 1. The second kappa shape index (κ2) is 11.8. The number of guanidine groups is 1. The zero-order valence-electron chi connectivity index (χ0n) is 19.5. The molecule has 3 aromatic carbocycles. The van der Waals surface area contributed by atoms with Crippen molar-refractivity contribution in [2.45, 2.75) is 23.1 Å². The second-order valence-electron chi connectivity index (χ2n) is 7.29. The second-order valence-corrected chi connectivity index (χ2v) is 9.24. The first-order chi connectivity index (χ1) is 17.2. The Morgan fingerprint density at radius 1 is 0.833 bits per heavy atom. The third kappa shape index (κ3) is 6.54. The number of amides is 3. The van der Waals surface area contributed by atoms with Crippen LogP contribution in [0.1, 0.15) is 23.7 Å². The summed E-state index contributed by atoms with van der Waals surface area (Å²) in [5, 5.41) is 7.72. The normalized spacial score (nSPS) is 11.3. The van der Waals surface area contributed by atoms with Crippen LogP contribution in [0.2, 0.25) is 0 Å². The molecule has 3 rings (SSSR count). The lowest BCUT2D eigenvalue weighted by atomic mass is 10.2. The van der Waals surface area contributed by atoms with E-state index in [2.05, 4.69) is 25.7 Å². The smallest absolute Gasteiger partial charge is 0.413 e. The van der Waals surface area contributed by atoms with Crippen LogP contribution in [0, 0.1) is 0 Å². The molecule has 0 aliphatic rings. The molecule has 0 spiro atoms. The molecule has 186 valence electrons. The molecule has 0 saturated heterocycles. The summed E-state index contributed by atoms with van der Waals surface area (Å²) in [5.41, 5.74) is 0.613. The zero-order chi connectivity index (χ0) is 26.1. The number of rotatable bonds is 6. The van der Waals surface area contributed by atoms with Crippen LogP contribution in [0.25, 0.3) is 0 Å². The van der Waals surface area contributed by atoms with Crippen LogP contribution < -0.4 is 16.0 Å². The molecular weight excluding hydrogens is 484 g/mol. The van der Waals surface area contributed by atoms with Gasteiger partial charge < -0.3 is 15.4 Å². The van der Waals surface area contributed by atoms with E-state index in [1.54, 1.807) is 55.5 Å². The van der Waals surface area contributed by atoms with Crippen molar-refractivity contribution in [1.29, 1.82) is 0 Å². The van der Waals surface area contributed by atoms with E-state index in [1.807, 2.05) is 0 Å². The van der Waals surface area contributed by atoms with Crippen molar-refractivity contribution >= 4 is 45.1 Å². The standard InChI is InChI=1S/C25H24N4O6S/c1-3-22(30)28-24(29-25(32)35-2)27-21-16-19(36(33,34)18-12-8-5-9-13-18)14-15-20(21)26-23(31)17-10-6-4-7-11-17/h4-16H,3H2,1-2H3,(H,26,31)(H2,27,28,29,30,32). The number of nitrogens with one attached hydrogen (secondary N) is 3. The van der Waals surface area contributed by atoms with Crippen molar-refractivity contribution < 1.29 is 27.5 Å². The molecule has 36 heavy (non-hydrogen) atoms. The quantitative estimate of drug-likeness (QED) is 0.339. The van der Waals surface area contributed by atoms with Crippen molar-refractivity contribution in [2.75, 3.05) is 17.7 Å². The zero-order valence-corrected chi connectivity index (χ0v) is 20.3. The molecule has 0 saturated carbocycles. The minimum atomic E-state index is -3.92. The van der Waals surface area contributed by atoms with Gasteiger partial charge in [-0.15, -0.1) is 0 Å². The molecular formula is C25H24N4O6S. The van der Waals surface area contributed by atoms with Gasteiger partial charge >= 0.3 is 6.09 Å². The summed E-state index contributed by atoms with van der Waals surface area (Å²) in [4.78, 5) is 40.3. The number of nitrogens with zero attached hydrogens (tertiary/aromatic N) is 1. The van der Waals surface area contributed by atoms with Crippen LogP contribution in [0.15, 0.2) is 93.6 Å². The lowest BCUT2D eigenvalue weighted by Gasteiger charge is -2.16. The number of carbonyl (C=O) groups is 3. The Balaban J connectivity index is 2.07. The molecule has 0 fully saturated rings. The molecule has 3 aromatic rings. The first-order valence-electron chi connectivity index (χ1n) is 10.8. The Hall–Kier alpha value is -4.51. The van der Waals surface area contributed by atoms with Crippen LogP contribution in [0.5, 0.6) is 0 Å². The molecule has 0 atom stereocenters. The Kier molecular flexibility index (Phi) is 8.52. The van der Waals surface area contributed by atoms with Crippen LogP contribution >= 0.6 is 0 Å². The number of aliphatic imine (C=N–C) groups is 1. The van der Waals surface area contributed by atoms with Gasteiger partial charge in [-0.3, -0.25) is 14.9 Å². The fraction of sp³-hybridized carbons (Fsp3) is 0.120. The maximum Gasteiger partial charge on any atom is 0.413 e. The largest absolute Gasteiger partial charge is 0.453 e. The lowest BCUT2D eigenvalue weighted by molar-refractivity contribution is -0.117. The molecule has 0 unspecified atom stereocenters. The molecule has 3 amide bonds. The van der Waals surface area contributed by atoms with Gasteiger partial charge in [-0.2, -0.15) is 4.99 Å². The van der Waals surface area contributed by atoms with Crippen LogP contribution in [-0.2, 0) is 19.4 Å². The minimum Gasteiger partial charge on any atom is -0.453 e. The van der Waals surface area contributed by atoms with Crippen LogP contribution in [0.4, 0.5) is 16.2 Å². The molecule has 0 radical (unpaired) electrons. The third-order valence-electron chi connectivity index (χ3n) is 4.84. The molecule has 11 heteroatoms. The van der Waals surface area contributed by atoms with Gasteiger partial charge in [-0.05, 0) is 42.5 Å². The van der Waals surface area contributed by atoms with Gasteiger partial charge in [0.2, 0.25) is 21.7 Å². The van der Waals surface area contributed by atoms with Crippen molar-refractivity contribution in [3.63, 3.8) is 0 Å². The number of benzene rings is 3.